The van der Waals surface area contributed by atoms with Crippen molar-refractivity contribution >= 4 is 38.9 Å². The van der Waals surface area contributed by atoms with Crippen molar-refractivity contribution in [3.8, 4) is 18.1 Å². The van der Waals surface area contributed by atoms with Crippen LogP contribution in [0.3, 0.4) is 0 Å². The van der Waals surface area contributed by atoms with Crippen LogP contribution >= 0.6 is 11.6 Å². The van der Waals surface area contributed by atoms with E-state index in [-0.39, 0.29) is 22.7 Å². The average Bonchev–Trinajstić information content (AvgIpc) is 2.74. The lowest BCUT2D eigenvalue weighted by Gasteiger charge is -2.38. The van der Waals surface area contributed by atoms with E-state index in [1.807, 2.05) is 0 Å². The number of phenolic OH excluding ortho intramolecular Hbond substituents is 1. The third-order valence-corrected chi connectivity index (χ3v) is 8.25. The number of nitrogens with one attached hydrogen (secondary N) is 2. The smallest absolute Gasteiger partial charge is 0.247 e. The van der Waals surface area contributed by atoms with Crippen molar-refractivity contribution in [3.63, 3.8) is 0 Å². The van der Waals surface area contributed by atoms with E-state index in [0.29, 0.717) is 0 Å². The SMILES string of the molecule is C#CC(NC1C(=O)C(=O)C1Nc1ccc(Cl)c(S(=O)(=O)N(C)C)c1O)C1CCCCC1. The average molecular weight is 468 g/mol. The number of nitrogens with zero attached hydrogens (tertiary/aromatic N) is 1. The van der Waals surface area contributed by atoms with E-state index in [4.69, 9.17) is 18.0 Å². The highest BCUT2D eigenvalue weighted by atomic mass is 35.5. The minimum absolute atomic E-state index is 0.0163. The Balaban J connectivity index is 1.84. The van der Waals surface area contributed by atoms with Crippen LogP contribution in [0.4, 0.5) is 5.69 Å². The number of benzene rings is 1. The van der Waals surface area contributed by atoms with Gasteiger partial charge in [-0.25, -0.2) is 12.7 Å². The van der Waals surface area contributed by atoms with E-state index in [1.54, 1.807) is 0 Å². The van der Waals surface area contributed by atoms with Crippen LogP contribution in [0.1, 0.15) is 32.1 Å². The van der Waals surface area contributed by atoms with Crippen LogP contribution < -0.4 is 10.6 Å². The topological polar surface area (TPSA) is 116 Å². The molecule has 1 aromatic rings. The number of halogens is 1. The summed E-state index contributed by atoms with van der Waals surface area (Å²) in [6.45, 7) is 0. The highest BCUT2D eigenvalue weighted by molar-refractivity contribution is 7.89. The first kappa shape index (κ1) is 23.5. The van der Waals surface area contributed by atoms with Crippen molar-refractivity contribution in [2.24, 2.45) is 5.92 Å². The summed E-state index contributed by atoms with van der Waals surface area (Å²) in [5.41, 5.74) is -0.0163. The van der Waals surface area contributed by atoms with Gasteiger partial charge in [0.1, 0.15) is 17.0 Å². The van der Waals surface area contributed by atoms with Gasteiger partial charge in [-0.1, -0.05) is 36.8 Å². The molecule has 0 saturated heterocycles. The fourth-order valence-electron chi connectivity index (χ4n) is 4.07. The summed E-state index contributed by atoms with van der Waals surface area (Å²) in [7, 11) is -1.42. The number of hydrogen-bond donors (Lipinski definition) is 3. The number of hydrogen-bond acceptors (Lipinski definition) is 7. The minimum Gasteiger partial charge on any atom is -0.504 e. The van der Waals surface area contributed by atoms with Gasteiger partial charge in [-0.3, -0.25) is 14.9 Å². The van der Waals surface area contributed by atoms with Gasteiger partial charge < -0.3 is 10.4 Å². The van der Waals surface area contributed by atoms with Gasteiger partial charge in [-0.2, -0.15) is 0 Å². The summed E-state index contributed by atoms with van der Waals surface area (Å²) in [4.78, 5) is 24.0. The predicted octanol–water partition coefficient (Wildman–Crippen LogP) is 1.77. The standard InChI is InChI=1S/C21H26ClN3O5S/c1-4-14(12-8-6-5-7-9-12)23-16-17(20(28)19(16)27)24-15-11-10-13(22)21(18(15)26)31(29,30)25(2)3/h1,10-12,14,16-17,23-24,26H,5-9H2,2-3H3. The molecule has 0 radical (unpaired) electrons. The number of rotatable bonds is 7. The zero-order valence-corrected chi connectivity index (χ0v) is 19.0. The lowest BCUT2D eigenvalue weighted by Crippen LogP contribution is -2.69. The number of ketones is 2. The summed E-state index contributed by atoms with van der Waals surface area (Å²) < 4.78 is 26.0. The number of carbonyl (C=O) groups is 2. The van der Waals surface area contributed by atoms with E-state index in [2.05, 4.69) is 16.6 Å². The van der Waals surface area contributed by atoms with Crippen LogP contribution in [-0.2, 0) is 19.6 Å². The van der Waals surface area contributed by atoms with Gasteiger partial charge in [0.15, 0.2) is 5.75 Å². The van der Waals surface area contributed by atoms with Gasteiger partial charge in [0, 0.05) is 14.1 Å². The molecule has 0 spiro atoms. The summed E-state index contributed by atoms with van der Waals surface area (Å²) >= 11 is 6.02. The Bertz CT molecular complexity index is 1030. The molecule has 0 aromatic heterocycles. The fraction of sp³-hybridized carbons (Fsp3) is 0.524. The van der Waals surface area contributed by atoms with E-state index in [0.717, 1.165) is 36.4 Å². The van der Waals surface area contributed by atoms with Crippen molar-refractivity contribution in [1.29, 1.82) is 0 Å². The molecule has 8 nitrogen and oxygen atoms in total. The second-order valence-electron chi connectivity index (χ2n) is 8.10. The third kappa shape index (κ3) is 4.44. The first-order valence-electron chi connectivity index (χ1n) is 10.1. The molecular formula is C21H26ClN3O5S. The number of terminal acetylenes is 1. The molecule has 31 heavy (non-hydrogen) atoms. The van der Waals surface area contributed by atoms with Crippen molar-refractivity contribution in [2.75, 3.05) is 19.4 Å². The Hall–Kier alpha value is -2.12. The number of sulfonamides is 1. The van der Waals surface area contributed by atoms with Gasteiger partial charge in [0.2, 0.25) is 21.6 Å². The van der Waals surface area contributed by atoms with Crippen molar-refractivity contribution in [2.45, 2.75) is 55.1 Å². The zero-order valence-electron chi connectivity index (χ0n) is 17.4. The molecule has 3 rings (SSSR count). The molecule has 2 aliphatic rings. The Labute approximate surface area is 187 Å². The molecule has 0 bridgehead atoms. The number of aromatic hydroxyl groups is 1. The highest BCUT2D eigenvalue weighted by Crippen LogP contribution is 2.39. The van der Waals surface area contributed by atoms with E-state index >= 15 is 0 Å². The molecular weight excluding hydrogens is 442 g/mol. The number of anilines is 1. The maximum absolute atomic E-state index is 12.5. The highest BCUT2D eigenvalue weighted by Gasteiger charge is 2.50. The molecule has 2 saturated carbocycles. The van der Waals surface area contributed by atoms with Crippen LogP contribution in [0, 0.1) is 18.3 Å². The van der Waals surface area contributed by atoms with Crippen LogP contribution in [0.2, 0.25) is 5.02 Å². The number of phenols is 1. The van der Waals surface area contributed by atoms with Crippen LogP contribution in [-0.4, -0.2) is 61.6 Å². The molecule has 2 aliphatic carbocycles. The van der Waals surface area contributed by atoms with Gasteiger partial charge >= 0.3 is 0 Å². The number of carbonyl (C=O) groups excluding carboxylic acids is 2. The summed E-state index contributed by atoms with van der Waals surface area (Å²) in [6, 6.07) is 0.474. The first-order valence-corrected chi connectivity index (χ1v) is 11.9. The Morgan fingerprint density at radius 3 is 2.35 bits per heavy atom. The fourth-order valence-corrected chi connectivity index (χ4v) is 5.55. The molecule has 0 heterocycles. The molecule has 10 heteroatoms. The van der Waals surface area contributed by atoms with Crippen molar-refractivity contribution in [3.05, 3.63) is 17.2 Å². The lowest BCUT2D eigenvalue weighted by atomic mass is 9.79. The van der Waals surface area contributed by atoms with Crippen LogP contribution in [0.25, 0.3) is 0 Å². The largest absolute Gasteiger partial charge is 0.504 e. The van der Waals surface area contributed by atoms with Gasteiger partial charge in [-0.05, 0) is 30.9 Å². The molecule has 3 unspecified atom stereocenters. The van der Waals surface area contributed by atoms with E-state index < -0.39 is 44.3 Å². The van der Waals surface area contributed by atoms with Crippen molar-refractivity contribution in [1.82, 2.24) is 9.62 Å². The molecule has 0 amide bonds. The Kier molecular flexibility index (Phi) is 6.96. The first-order chi connectivity index (χ1) is 14.6. The van der Waals surface area contributed by atoms with Crippen molar-refractivity contribution < 1.29 is 23.1 Å². The van der Waals surface area contributed by atoms with Crippen LogP contribution in [0.5, 0.6) is 5.75 Å². The number of Topliss-reactive ketones (excluding diaryl/α,β-unsaturated/α-hetero) is 2. The summed E-state index contributed by atoms with van der Waals surface area (Å²) in [5, 5.41) is 16.3. The molecule has 0 aliphatic heterocycles. The third-order valence-electron chi connectivity index (χ3n) is 5.93. The second-order valence-corrected chi connectivity index (χ2v) is 10.6. The maximum atomic E-state index is 12.5. The zero-order chi connectivity index (χ0) is 22.9. The summed E-state index contributed by atoms with van der Waals surface area (Å²) in [6.07, 6.45) is 10.9. The second kappa shape index (κ2) is 9.17. The van der Waals surface area contributed by atoms with E-state index in [9.17, 15) is 23.1 Å². The molecule has 1 aromatic carbocycles. The van der Waals surface area contributed by atoms with Gasteiger partial charge in [-0.15, -0.1) is 6.42 Å². The molecule has 3 atom stereocenters. The molecule has 2 fully saturated rings. The van der Waals surface area contributed by atoms with Gasteiger partial charge in [0.05, 0.1) is 16.8 Å². The normalized spacial score (nSPS) is 23.3. The maximum Gasteiger partial charge on any atom is 0.247 e. The molecule has 3 N–H and O–H groups in total. The monoisotopic (exact) mass is 467 g/mol. The van der Waals surface area contributed by atoms with Gasteiger partial charge in [0.25, 0.3) is 0 Å². The van der Waals surface area contributed by atoms with E-state index in [1.165, 1.54) is 26.2 Å². The Morgan fingerprint density at radius 2 is 1.77 bits per heavy atom. The quantitative estimate of drug-likeness (QED) is 0.318. The minimum atomic E-state index is -4.04. The summed E-state index contributed by atoms with van der Waals surface area (Å²) in [5.74, 6) is 1.05. The Morgan fingerprint density at radius 1 is 1.16 bits per heavy atom. The lowest BCUT2D eigenvalue weighted by molar-refractivity contribution is -0.145. The van der Waals surface area contributed by atoms with Crippen LogP contribution in [0.15, 0.2) is 17.0 Å². The molecule has 168 valence electrons. The predicted molar refractivity (Wildman–Crippen MR) is 118 cm³/mol.